The number of hydrogen-bond acceptors (Lipinski definition) is 4. The van der Waals surface area contributed by atoms with Crippen LogP contribution in [0.1, 0.15) is 5.56 Å². The minimum absolute atomic E-state index is 0.0615. The Morgan fingerprint density at radius 2 is 1.71 bits per heavy atom. The average Bonchev–Trinajstić information content (AvgIpc) is 2.74. The maximum Gasteiger partial charge on any atom is 0.268 e. The van der Waals surface area contributed by atoms with Crippen molar-refractivity contribution in [2.24, 2.45) is 0 Å². The fourth-order valence-corrected chi connectivity index (χ4v) is 4.86. The molecule has 0 atom stereocenters. The van der Waals surface area contributed by atoms with Crippen LogP contribution in [0, 0.1) is 6.92 Å². The van der Waals surface area contributed by atoms with Crippen LogP contribution < -0.4 is 14.4 Å². The third kappa shape index (κ3) is 5.31. The van der Waals surface area contributed by atoms with E-state index in [1.807, 2.05) is 6.07 Å². The van der Waals surface area contributed by atoms with E-state index in [2.05, 4.69) is 5.32 Å². The van der Waals surface area contributed by atoms with Gasteiger partial charge in [-0.25, -0.2) is 8.42 Å². The summed E-state index contributed by atoms with van der Waals surface area (Å²) in [5, 5.41) is 3.13. The van der Waals surface area contributed by atoms with E-state index in [9.17, 15) is 13.2 Å². The van der Waals surface area contributed by atoms with Gasteiger partial charge in [-0.1, -0.05) is 47.5 Å². The highest BCUT2D eigenvalue weighted by Gasteiger charge is 2.30. The van der Waals surface area contributed by atoms with Gasteiger partial charge in [0.25, 0.3) is 10.0 Å². The van der Waals surface area contributed by atoms with Crippen LogP contribution >= 0.6 is 23.2 Å². The number of benzene rings is 3. The van der Waals surface area contributed by atoms with E-state index in [1.165, 1.54) is 31.4 Å². The summed E-state index contributed by atoms with van der Waals surface area (Å²) in [6.45, 7) is 1.29. The van der Waals surface area contributed by atoms with Gasteiger partial charge in [0.05, 0.1) is 22.8 Å². The van der Waals surface area contributed by atoms with Gasteiger partial charge in [-0.3, -0.25) is 9.10 Å². The summed E-state index contributed by atoms with van der Waals surface area (Å²) in [6, 6.07) is 17.9. The molecule has 0 spiro atoms. The molecule has 0 aromatic heterocycles. The van der Waals surface area contributed by atoms with Crippen LogP contribution in [0.25, 0.3) is 0 Å². The third-order valence-electron chi connectivity index (χ3n) is 4.42. The quantitative estimate of drug-likeness (QED) is 0.509. The molecule has 0 heterocycles. The molecular weight excluding hydrogens is 459 g/mol. The van der Waals surface area contributed by atoms with Gasteiger partial charge in [0.15, 0.2) is 0 Å². The maximum atomic E-state index is 13.6. The van der Waals surface area contributed by atoms with Gasteiger partial charge in [-0.05, 0) is 55.0 Å². The number of carbonyl (C=O) groups is 1. The molecule has 0 fully saturated rings. The van der Waals surface area contributed by atoms with Crippen LogP contribution in [0.5, 0.6) is 5.75 Å². The number of ether oxygens (including phenoxy) is 1. The molecule has 0 bridgehead atoms. The zero-order valence-corrected chi connectivity index (χ0v) is 19.1. The number of halogens is 2. The van der Waals surface area contributed by atoms with Crippen LogP contribution in [-0.4, -0.2) is 28.0 Å². The van der Waals surface area contributed by atoms with Gasteiger partial charge in [0, 0.05) is 5.69 Å². The normalized spacial score (nSPS) is 11.1. The molecule has 31 heavy (non-hydrogen) atoms. The Kier molecular flexibility index (Phi) is 7.10. The average molecular weight is 479 g/mol. The predicted molar refractivity (Wildman–Crippen MR) is 124 cm³/mol. The number of rotatable bonds is 7. The fraction of sp³-hybridized carbons (Fsp3) is 0.136. The van der Waals surface area contributed by atoms with E-state index >= 15 is 0 Å². The standard InChI is InChI=1S/C22H20Cl2N2O4S/c1-15-8-11-20(30-2)21(12-15)31(28,29)26(17-9-10-18(23)19(24)13-17)14-22(27)25-16-6-4-3-5-7-16/h3-13H,14H2,1-2H3,(H,25,27). The molecular formula is C22H20Cl2N2O4S. The summed E-state index contributed by atoms with van der Waals surface area (Å²) in [4.78, 5) is 12.7. The molecule has 0 aliphatic heterocycles. The molecule has 162 valence electrons. The van der Waals surface area contributed by atoms with Crippen LogP contribution in [0.4, 0.5) is 11.4 Å². The van der Waals surface area contributed by atoms with Crippen molar-refractivity contribution in [1.29, 1.82) is 0 Å². The van der Waals surface area contributed by atoms with Crippen LogP contribution in [0.2, 0.25) is 10.0 Å². The molecule has 9 heteroatoms. The Balaban J connectivity index is 2.06. The highest BCUT2D eigenvalue weighted by molar-refractivity contribution is 7.93. The van der Waals surface area contributed by atoms with E-state index in [1.54, 1.807) is 43.3 Å². The summed E-state index contributed by atoms with van der Waals surface area (Å²) < 4.78 is 33.5. The van der Waals surface area contributed by atoms with E-state index in [-0.39, 0.29) is 26.4 Å². The molecule has 3 aromatic carbocycles. The number of aryl methyl sites for hydroxylation is 1. The van der Waals surface area contributed by atoms with Crippen molar-refractivity contribution >= 4 is 50.5 Å². The smallest absolute Gasteiger partial charge is 0.268 e. The van der Waals surface area contributed by atoms with Crippen molar-refractivity contribution < 1.29 is 17.9 Å². The molecule has 0 radical (unpaired) electrons. The SMILES string of the molecule is COc1ccc(C)cc1S(=O)(=O)N(CC(=O)Nc1ccccc1)c1ccc(Cl)c(Cl)c1. The van der Waals surface area contributed by atoms with Crippen molar-refractivity contribution in [2.45, 2.75) is 11.8 Å². The Morgan fingerprint density at radius 1 is 1.00 bits per heavy atom. The highest BCUT2D eigenvalue weighted by Crippen LogP contribution is 2.33. The zero-order chi connectivity index (χ0) is 22.6. The van der Waals surface area contributed by atoms with E-state index < -0.39 is 22.5 Å². The summed E-state index contributed by atoms with van der Waals surface area (Å²) in [5.41, 5.74) is 1.47. The van der Waals surface area contributed by atoms with E-state index in [0.29, 0.717) is 5.69 Å². The summed E-state index contributed by atoms with van der Waals surface area (Å²) in [7, 11) is -2.81. The Hall–Kier alpha value is -2.74. The Labute approximate surface area is 191 Å². The molecule has 0 unspecified atom stereocenters. The van der Waals surface area contributed by atoms with Gasteiger partial charge >= 0.3 is 0 Å². The predicted octanol–water partition coefficient (Wildman–Crippen LogP) is 5.14. The highest BCUT2D eigenvalue weighted by atomic mass is 35.5. The number of para-hydroxylation sites is 1. The van der Waals surface area contributed by atoms with Crippen LogP contribution in [-0.2, 0) is 14.8 Å². The van der Waals surface area contributed by atoms with Crippen molar-refractivity contribution in [3.8, 4) is 5.75 Å². The molecule has 0 saturated carbocycles. The molecule has 0 saturated heterocycles. The maximum absolute atomic E-state index is 13.6. The van der Waals surface area contributed by atoms with Gasteiger partial charge in [0.1, 0.15) is 17.2 Å². The molecule has 3 aromatic rings. The molecule has 6 nitrogen and oxygen atoms in total. The van der Waals surface area contributed by atoms with Crippen molar-refractivity contribution in [3.05, 3.63) is 82.3 Å². The zero-order valence-electron chi connectivity index (χ0n) is 16.8. The number of carbonyl (C=O) groups excluding carboxylic acids is 1. The van der Waals surface area contributed by atoms with Gasteiger partial charge < -0.3 is 10.1 Å². The molecule has 1 amide bonds. The monoisotopic (exact) mass is 478 g/mol. The third-order valence-corrected chi connectivity index (χ3v) is 6.96. The van der Waals surface area contributed by atoms with Crippen molar-refractivity contribution in [3.63, 3.8) is 0 Å². The minimum atomic E-state index is -4.19. The van der Waals surface area contributed by atoms with E-state index in [4.69, 9.17) is 27.9 Å². The van der Waals surface area contributed by atoms with Gasteiger partial charge in [0.2, 0.25) is 5.91 Å². The first-order chi connectivity index (χ1) is 14.7. The number of methoxy groups -OCH3 is 1. The first kappa shape index (κ1) is 22.9. The minimum Gasteiger partial charge on any atom is -0.495 e. The largest absolute Gasteiger partial charge is 0.495 e. The lowest BCUT2D eigenvalue weighted by Crippen LogP contribution is -2.38. The number of nitrogens with one attached hydrogen (secondary N) is 1. The number of nitrogens with zero attached hydrogens (tertiary/aromatic N) is 1. The first-order valence-corrected chi connectivity index (χ1v) is 11.4. The lowest BCUT2D eigenvalue weighted by molar-refractivity contribution is -0.114. The number of amides is 1. The second-order valence-electron chi connectivity index (χ2n) is 6.68. The van der Waals surface area contributed by atoms with Crippen molar-refractivity contribution in [2.75, 3.05) is 23.3 Å². The molecule has 0 aliphatic carbocycles. The Morgan fingerprint density at radius 3 is 2.35 bits per heavy atom. The van der Waals surface area contributed by atoms with Gasteiger partial charge in [-0.2, -0.15) is 0 Å². The molecule has 3 rings (SSSR count). The lowest BCUT2D eigenvalue weighted by Gasteiger charge is -2.25. The van der Waals surface area contributed by atoms with E-state index in [0.717, 1.165) is 9.87 Å². The summed E-state index contributed by atoms with van der Waals surface area (Å²) in [5.74, 6) is -0.355. The summed E-state index contributed by atoms with van der Waals surface area (Å²) >= 11 is 12.1. The Bertz CT molecular complexity index is 1200. The summed E-state index contributed by atoms with van der Waals surface area (Å²) in [6.07, 6.45) is 0. The second-order valence-corrected chi connectivity index (χ2v) is 9.32. The van der Waals surface area contributed by atoms with Gasteiger partial charge in [-0.15, -0.1) is 0 Å². The lowest BCUT2D eigenvalue weighted by atomic mass is 10.2. The molecule has 0 aliphatic rings. The fourth-order valence-electron chi connectivity index (χ4n) is 2.91. The van der Waals surface area contributed by atoms with Crippen molar-refractivity contribution in [1.82, 2.24) is 0 Å². The van der Waals surface area contributed by atoms with Crippen LogP contribution in [0.3, 0.4) is 0 Å². The number of anilines is 2. The first-order valence-electron chi connectivity index (χ1n) is 9.19. The number of sulfonamides is 1. The van der Waals surface area contributed by atoms with Crippen LogP contribution in [0.15, 0.2) is 71.6 Å². The topological polar surface area (TPSA) is 75.7 Å². The molecule has 1 N–H and O–H groups in total. The second kappa shape index (κ2) is 9.60. The number of hydrogen-bond donors (Lipinski definition) is 1.